The first-order valence-corrected chi connectivity index (χ1v) is 6.49. The molecule has 0 aliphatic heterocycles. The van der Waals surface area contributed by atoms with Crippen molar-refractivity contribution in [1.82, 2.24) is 14.9 Å². The number of aryl methyl sites for hydroxylation is 2. The number of rotatable bonds is 4. The number of nitrogens with zero attached hydrogens (tertiary/aromatic N) is 2. The van der Waals surface area contributed by atoms with Gasteiger partial charge in [-0.15, -0.1) is 0 Å². The van der Waals surface area contributed by atoms with E-state index in [0.717, 1.165) is 11.4 Å². The molecule has 1 heterocycles. The van der Waals surface area contributed by atoms with Crippen molar-refractivity contribution in [2.75, 3.05) is 0 Å². The minimum absolute atomic E-state index is 0.168. The summed E-state index contributed by atoms with van der Waals surface area (Å²) in [6.07, 6.45) is 3.59. The van der Waals surface area contributed by atoms with Gasteiger partial charge in [-0.25, -0.2) is 4.98 Å². The van der Waals surface area contributed by atoms with Crippen molar-refractivity contribution in [1.29, 1.82) is 0 Å². The van der Waals surface area contributed by atoms with E-state index < -0.39 is 0 Å². The Morgan fingerprint density at radius 2 is 2.00 bits per heavy atom. The Labute approximate surface area is 119 Å². The highest BCUT2D eigenvalue weighted by molar-refractivity contribution is 5.92. The fraction of sp³-hybridized carbons (Fsp3) is 0.250. The molecule has 0 saturated heterocycles. The maximum absolute atomic E-state index is 12.0. The average Bonchev–Trinajstić information content (AvgIpc) is 2.83. The van der Waals surface area contributed by atoms with E-state index >= 15 is 0 Å². The summed E-state index contributed by atoms with van der Waals surface area (Å²) >= 11 is 0. The zero-order valence-corrected chi connectivity index (χ0v) is 12.1. The summed E-state index contributed by atoms with van der Waals surface area (Å²) in [6.45, 7) is 7.41. The lowest BCUT2D eigenvalue weighted by Crippen LogP contribution is -2.31. The van der Waals surface area contributed by atoms with E-state index in [1.165, 1.54) is 5.56 Å². The largest absolute Gasteiger partial charge is 0.338 e. The monoisotopic (exact) mass is 269 g/mol. The zero-order chi connectivity index (χ0) is 14.7. The first kappa shape index (κ1) is 14.1. The van der Waals surface area contributed by atoms with Crippen LogP contribution in [-0.4, -0.2) is 15.5 Å². The second-order valence-corrected chi connectivity index (χ2v) is 4.99. The van der Waals surface area contributed by atoms with Crippen LogP contribution in [0.4, 0.5) is 0 Å². The van der Waals surface area contributed by atoms with Crippen LogP contribution in [0.1, 0.15) is 29.9 Å². The van der Waals surface area contributed by atoms with Gasteiger partial charge in [-0.1, -0.05) is 36.4 Å². The number of carbonyl (C=O) groups excluding carboxylic acids is 1. The SMILES string of the molecule is C=C(C)C(=O)NC(c1ccc(C)cc1)c1nccn1C. The normalized spacial score (nSPS) is 11.9. The summed E-state index contributed by atoms with van der Waals surface area (Å²) in [6, 6.07) is 7.79. The van der Waals surface area contributed by atoms with Crippen molar-refractivity contribution in [2.24, 2.45) is 7.05 Å². The molecule has 104 valence electrons. The smallest absolute Gasteiger partial charge is 0.247 e. The fourth-order valence-electron chi connectivity index (χ4n) is 1.97. The maximum atomic E-state index is 12.0. The summed E-state index contributed by atoms with van der Waals surface area (Å²) in [4.78, 5) is 16.3. The highest BCUT2D eigenvalue weighted by Crippen LogP contribution is 2.21. The van der Waals surface area contributed by atoms with Crippen molar-refractivity contribution in [3.8, 4) is 0 Å². The van der Waals surface area contributed by atoms with Crippen molar-refractivity contribution < 1.29 is 4.79 Å². The average molecular weight is 269 g/mol. The predicted molar refractivity (Wildman–Crippen MR) is 79.2 cm³/mol. The minimum atomic E-state index is -0.278. The molecule has 1 aromatic heterocycles. The lowest BCUT2D eigenvalue weighted by atomic mass is 10.0. The molecule has 0 bridgehead atoms. The van der Waals surface area contributed by atoms with Crippen LogP contribution < -0.4 is 5.32 Å². The van der Waals surface area contributed by atoms with Crippen LogP contribution in [0, 0.1) is 6.92 Å². The van der Waals surface area contributed by atoms with Crippen LogP contribution in [-0.2, 0) is 11.8 Å². The molecule has 1 atom stereocenters. The minimum Gasteiger partial charge on any atom is -0.338 e. The third-order valence-corrected chi connectivity index (χ3v) is 3.19. The molecule has 1 unspecified atom stereocenters. The summed E-state index contributed by atoms with van der Waals surface area (Å²) < 4.78 is 1.91. The Bertz CT molecular complexity index is 625. The van der Waals surface area contributed by atoms with Gasteiger partial charge in [-0.3, -0.25) is 4.79 Å². The summed E-state index contributed by atoms with van der Waals surface area (Å²) in [7, 11) is 1.91. The van der Waals surface area contributed by atoms with E-state index in [4.69, 9.17) is 0 Å². The molecule has 0 spiro atoms. The van der Waals surface area contributed by atoms with Crippen molar-refractivity contribution >= 4 is 5.91 Å². The predicted octanol–water partition coefficient (Wildman–Crippen LogP) is 2.51. The van der Waals surface area contributed by atoms with Gasteiger partial charge in [-0.2, -0.15) is 0 Å². The lowest BCUT2D eigenvalue weighted by Gasteiger charge is -2.19. The van der Waals surface area contributed by atoms with Gasteiger partial charge in [0.25, 0.3) is 0 Å². The van der Waals surface area contributed by atoms with Crippen LogP contribution in [0.2, 0.25) is 0 Å². The number of amides is 1. The van der Waals surface area contributed by atoms with Crippen molar-refractivity contribution in [3.63, 3.8) is 0 Å². The number of benzene rings is 1. The van der Waals surface area contributed by atoms with E-state index in [-0.39, 0.29) is 11.9 Å². The molecule has 0 aliphatic carbocycles. The summed E-state index contributed by atoms with van der Waals surface area (Å²) in [5.74, 6) is 0.627. The molecule has 20 heavy (non-hydrogen) atoms. The Morgan fingerprint density at radius 1 is 1.35 bits per heavy atom. The van der Waals surface area contributed by atoms with Crippen LogP contribution >= 0.6 is 0 Å². The second-order valence-electron chi connectivity index (χ2n) is 4.99. The van der Waals surface area contributed by atoms with Crippen LogP contribution in [0.5, 0.6) is 0 Å². The van der Waals surface area contributed by atoms with Gasteiger partial charge in [0.05, 0.1) is 0 Å². The second kappa shape index (κ2) is 5.74. The molecule has 1 amide bonds. The molecular weight excluding hydrogens is 250 g/mol. The van der Waals surface area contributed by atoms with Gasteiger partial charge >= 0.3 is 0 Å². The van der Waals surface area contributed by atoms with E-state index in [1.54, 1.807) is 13.1 Å². The van der Waals surface area contributed by atoms with E-state index in [0.29, 0.717) is 5.57 Å². The van der Waals surface area contributed by atoms with Gasteiger partial charge in [0.15, 0.2) is 0 Å². The number of carbonyl (C=O) groups is 1. The van der Waals surface area contributed by atoms with Crippen LogP contribution in [0.3, 0.4) is 0 Å². The molecule has 0 fully saturated rings. The molecular formula is C16H19N3O. The van der Waals surface area contributed by atoms with Gasteiger partial charge in [0, 0.05) is 25.0 Å². The van der Waals surface area contributed by atoms with Gasteiger partial charge in [0.1, 0.15) is 11.9 Å². The molecule has 1 N–H and O–H groups in total. The number of imidazole rings is 1. The Kier molecular flexibility index (Phi) is 4.03. The molecule has 0 saturated carbocycles. The first-order valence-electron chi connectivity index (χ1n) is 6.49. The van der Waals surface area contributed by atoms with Crippen molar-refractivity contribution in [3.05, 3.63) is 65.8 Å². The number of hydrogen-bond donors (Lipinski definition) is 1. The third-order valence-electron chi connectivity index (χ3n) is 3.19. The van der Waals surface area contributed by atoms with Crippen LogP contribution in [0.15, 0.2) is 48.8 Å². The molecule has 4 nitrogen and oxygen atoms in total. The van der Waals surface area contributed by atoms with E-state index in [1.807, 2.05) is 49.0 Å². The molecule has 0 aliphatic rings. The topological polar surface area (TPSA) is 46.9 Å². The Balaban J connectivity index is 2.39. The quantitative estimate of drug-likeness (QED) is 0.867. The third kappa shape index (κ3) is 2.96. The molecule has 2 aromatic rings. The summed E-state index contributed by atoms with van der Waals surface area (Å²) in [5, 5.41) is 2.97. The number of nitrogens with one attached hydrogen (secondary N) is 1. The molecule has 4 heteroatoms. The first-order chi connectivity index (χ1) is 9.49. The number of aromatic nitrogens is 2. The molecule has 2 rings (SSSR count). The van der Waals surface area contributed by atoms with Gasteiger partial charge in [-0.05, 0) is 19.4 Å². The highest BCUT2D eigenvalue weighted by Gasteiger charge is 2.20. The standard InChI is InChI=1S/C16H19N3O/c1-11(2)16(20)18-14(15-17-9-10-19(15)4)13-7-5-12(3)6-8-13/h5-10,14H,1H2,2-4H3,(H,18,20). The number of hydrogen-bond acceptors (Lipinski definition) is 2. The molecule has 0 radical (unpaired) electrons. The van der Waals surface area contributed by atoms with E-state index in [9.17, 15) is 4.79 Å². The zero-order valence-electron chi connectivity index (χ0n) is 12.1. The van der Waals surface area contributed by atoms with Gasteiger partial charge in [0.2, 0.25) is 5.91 Å². The maximum Gasteiger partial charge on any atom is 0.247 e. The Morgan fingerprint density at radius 3 is 2.50 bits per heavy atom. The van der Waals surface area contributed by atoms with E-state index in [2.05, 4.69) is 16.9 Å². The summed E-state index contributed by atoms with van der Waals surface area (Å²) in [5.41, 5.74) is 2.66. The Hall–Kier alpha value is -2.36. The highest BCUT2D eigenvalue weighted by atomic mass is 16.1. The fourth-order valence-corrected chi connectivity index (χ4v) is 1.97. The lowest BCUT2D eigenvalue weighted by molar-refractivity contribution is -0.117. The molecule has 1 aromatic carbocycles. The van der Waals surface area contributed by atoms with Gasteiger partial charge < -0.3 is 9.88 Å². The van der Waals surface area contributed by atoms with Crippen LogP contribution in [0.25, 0.3) is 0 Å². The van der Waals surface area contributed by atoms with Crippen molar-refractivity contribution in [2.45, 2.75) is 19.9 Å².